The van der Waals surface area contributed by atoms with Gasteiger partial charge in [-0.3, -0.25) is 4.79 Å². The SMILES string of the molecule is Cc1nc2ncnn2c(C)c1CCC(=O)NC(CC(C)C)C(=O)O. The molecule has 0 spiro atoms. The van der Waals surface area contributed by atoms with Crippen molar-refractivity contribution in [3.63, 3.8) is 0 Å². The van der Waals surface area contributed by atoms with Crippen molar-refractivity contribution >= 4 is 17.7 Å². The Kier molecular flexibility index (Phi) is 5.48. The molecule has 0 radical (unpaired) electrons. The number of carboxylic acids is 1. The van der Waals surface area contributed by atoms with Gasteiger partial charge in [0, 0.05) is 17.8 Å². The number of aliphatic carboxylic acids is 1. The summed E-state index contributed by atoms with van der Waals surface area (Å²) in [4.78, 5) is 31.8. The van der Waals surface area contributed by atoms with Crippen LogP contribution in [0.3, 0.4) is 0 Å². The molecule has 0 aliphatic heterocycles. The summed E-state index contributed by atoms with van der Waals surface area (Å²) in [6.07, 6.45) is 2.52. The van der Waals surface area contributed by atoms with Crippen molar-refractivity contribution in [3.05, 3.63) is 23.3 Å². The molecular weight excluding hydrogens is 310 g/mol. The Balaban J connectivity index is 2.05. The van der Waals surface area contributed by atoms with Gasteiger partial charge in [-0.2, -0.15) is 10.1 Å². The van der Waals surface area contributed by atoms with Crippen LogP contribution in [0.5, 0.6) is 0 Å². The van der Waals surface area contributed by atoms with Gasteiger partial charge in [-0.25, -0.2) is 14.3 Å². The molecule has 0 bridgehead atoms. The first-order chi connectivity index (χ1) is 11.3. The van der Waals surface area contributed by atoms with Crippen molar-refractivity contribution in [3.8, 4) is 0 Å². The number of carbonyl (C=O) groups excluding carboxylic acids is 1. The summed E-state index contributed by atoms with van der Waals surface area (Å²) in [5.41, 5.74) is 2.62. The van der Waals surface area contributed by atoms with Gasteiger partial charge in [0.1, 0.15) is 12.4 Å². The standard InChI is InChI=1S/C16H23N5O3/c1-9(2)7-13(15(23)24)20-14(22)6-5-12-10(3)19-16-17-8-18-21(16)11(12)4/h8-9,13H,5-7H2,1-4H3,(H,20,22)(H,23,24). The molecule has 1 atom stereocenters. The van der Waals surface area contributed by atoms with Crippen molar-refractivity contribution in [1.82, 2.24) is 24.9 Å². The third-order valence-electron chi connectivity index (χ3n) is 3.93. The van der Waals surface area contributed by atoms with E-state index in [2.05, 4.69) is 20.4 Å². The first kappa shape index (κ1) is 17.8. The smallest absolute Gasteiger partial charge is 0.326 e. The Hall–Kier alpha value is -2.51. The molecule has 0 aliphatic carbocycles. The number of aryl methyl sites for hydroxylation is 2. The minimum atomic E-state index is -1.00. The van der Waals surface area contributed by atoms with Crippen LogP contribution in [0.1, 0.15) is 43.6 Å². The van der Waals surface area contributed by atoms with Gasteiger partial charge in [0.05, 0.1) is 0 Å². The third kappa shape index (κ3) is 4.06. The predicted octanol–water partition coefficient (Wildman–Crippen LogP) is 1.29. The topological polar surface area (TPSA) is 109 Å². The highest BCUT2D eigenvalue weighted by atomic mass is 16.4. The van der Waals surface area contributed by atoms with Gasteiger partial charge in [-0.15, -0.1) is 0 Å². The molecule has 0 aromatic carbocycles. The van der Waals surface area contributed by atoms with Crippen molar-refractivity contribution < 1.29 is 14.7 Å². The lowest BCUT2D eigenvalue weighted by Crippen LogP contribution is -2.41. The summed E-state index contributed by atoms with van der Waals surface area (Å²) in [5, 5.41) is 15.9. The van der Waals surface area contributed by atoms with Crippen molar-refractivity contribution in [1.29, 1.82) is 0 Å². The highest BCUT2D eigenvalue weighted by Gasteiger charge is 2.21. The number of rotatable bonds is 7. The second-order valence-electron chi connectivity index (χ2n) is 6.32. The van der Waals surface area contributed by atoms with Crippen molar-refractivity contribution in [2.45, 2.75) is 53.0 Å². The fraction of sp³-hybridized carbons (Fsp3) is 0.562. The van der Waals surface area contributed by atoms with E-state index in [1.165, 1.54) is 6.33 Å². The minimum Gasteiger partial charge on any atom is -0.480 e. The molecule has 8 nitrogen and oxygen atoms in total. The van der Waals surface area contributed by atoms with Crippen LogP contribution < -0.4 is 5.32 Å². The number of hydrogen-bond acceptors (Lipinski definition) is 5. The zero-order valence-electron chi connectivity index (χ0n) is 14.4. The van der Waals surface area contributed by atoms with E-state index in [-0.39, 0.29) is 18.2 Å². The second-order valence-corrected chi connectivity index (χ2v) is 6.32. The van der Waals surface area contributed by atoms with Gasteiger partial charge in [-0.05, 0) is 38.2 Å². The Bertz CT molecular complexity index is 753. The van der Waals surface area contributed by atoms with Crippen LogP contribution in [0, 0.1) is 19.8 Å². The zero-order chi connectivity index (χ0) is 17.9. The molecule has 8 heteroatoms. The van der Waals surface area contributed by atoms with Gasteiger partial charge < -0.3 is 10.4 Å². The second kappa shape index (κ2) is 7.37. The normalized spacial score (nSPS) is 12.5. The first-order valence-corrected chi connectivity index (χ1v) is 7.97. The first-order valence-electron chi connectivity index (χ1n) is 7.97. The van der Waals surface area contributed by atoms with E-state index >= 15 is 0 Å². The van der Waals surface area contributed by atoms with Crippen LogP contribution in [0.4, 0.5) is 0 Å². The van der Waals surface area contributed by atoms with E-state index in [9.17, 15) is 14.7 Å². The van der Waals surface area contributed by atoms with Crippen LogP contribution in [0.15, 0.2) is 6.33 Å². The molecule has 130 valence electrons. The quantitative estimate of drug-likeness (QED) is 0.790. The third-order valence-corrected chi connectivity index (χ3v) is 3.93. The van der Waals surface area contributed by atoms with Gasteiger partial charge in [-0.1, -0.05) is 13.8 Å². The van der Waals surface area contributed by atoms with Gasteiger partial charge in [0.15, 0.2) is 0 Å². The van der Waals surface area contributed by atoms with Gasteiger partial charge in [0.25, 0.3) is 5.78 Å². The summed E-state index contributed by atoms with van der Waals surface area (Å²) in [6.45, 7) is 7.62. The summed E-state index contributed by atoms with van der Waals surface area (Å²) in [5.74, 6) is -0.563. The maximum atomic E-state index is 12.1. The molecule has 2 aromatic heterocycles. The molecular formula is C16H23N5O3. The fourth-order valence-corrected chi connectivity index (χ4v) is 2.72. The molecule has 0 fully saturated rings. The maximum absolute atomic E-state index is 12.1. The molecule has 2 aromatic rings. The number of fused-ring (bicyclic) bond motifs is 1. The van der Waals surface area contributed by atoms with Crippen LogP contribution in [0.2, 0.25) is 0 Å². The van der Waals surface area contributed by atoms with Crippen LogP contribution >= 0.6 is 0 Å². The Morgan fingerprint density at radius 2 is 2.04 bits per heavy atom. The van der Waals surface area contributed by atoms with E-state index in [0.717, 1.165) is 17.0 Å². The summed E-state index contributed by atoms with van der Waals surface area (Å²) in [7, 11) is 0. The molecule has 2 heterocycles. The lowest BCUT2D eigenvalue weighted by atomic mass is 10.0. The molecule has 1 unspecified atom stereocenters. The van der Waals surface area contributed by atoms with E-state index in [4.69, 9.17) is 0 Å². The van der Waals surface area contributed by atoms with Gasteiger partial charge >= 0.3 is 5.97 Å². The maximum Gasteiger partial charge on any atom is 0.326 e. The number of nitrogens with one attached hydrogen (secondary N) is 1. The number of aromatic nitrogens is 4. The van der Waals surface area contributed by atoms with Crippen LogP contribution in [-0.2, 0) is 16.0 Å². The van der Waals surface area contributed by atoms with Crippen LogP contribution in [0.25, 0.3) is 5.78 Å². The average Bonchev–Trinajstić information content (AvgIpc) is 2.94. The minimum absolute atomic E-state index is 0.190. The molecule has 0 aliphatic rings. The van der Waals surface area contributed by atoms with Crippen molar-refractivity contribution in [2.24, 2.45) is 5.92 Å². The Labute approximate surface area is 140 Å². The van der Waals surface area contributed by atoms with E-state index in [1.807, 2.05) is 27.7 Å². The van der Waals surface area contributed by atoms with Gasteiger partial charge in [0.2, 0.25) is 5.91 Å². The predicted molar refractivity (Wildman–Crippen MR) is 87.6 cm³/mol. The summed E-state index contributed by atoms with van der Waals surface area (Å²) in [6, 6.07) is -0.851. The van der Waals surface area contributed by atoms with E-state index in [0.29, 0.717) is 18.6 Å². The molecule has 1 amide bonds. The lowest BCUT2D eigenvalue weighted by Gasteiger charge is -2.17. The summed E-state index contributed by atoms with van der Waals surface area (Å²) >= 11 is 0. The average molecular weight is 333 g/mol. The Morgan fingerprint density at radius 3 is 2.67 bits per heavy atom. The number of carboxylic acid groups (broad SMARTS) is 1. The zero-order valence-corrected chi connectivity index (χ0v) is 14.4. The lowest BCUT2D eigenvalue weighted by molar-refractivity contribution is -0.142. The highest BCUT2D eigenvalue weighted by Crippen LogP contribution is 2.15. The number of hydrogen-bond donors (Lipinski definition) is 2. The van der Waals surface area contributed by atoms with E-state index < -0.39 is 12.0 Å². The molecule has 2 rings (SSSR count). The Morgan fingerprint density at radius 1 is 1.33 bits per heavy atom. The summed E-state index contributed by atoms with van der Waals surface area (Å²) < 4.78 is 1.64. The van der Waals surface area contributed by atoms with Crippen molar-refractivity contribution in [2.75, 3.05) is 0 Å². The monoisotopic (exact) mass is 333 g/mol. The molecule has 0 saturated carbocycles. The number of carbonyl (C=O) groups is 2. The number of amides is 1. The largest absolute Gasteiger partial charge is 0.480 e. The molecule has 2 N–H and O–H groups in total. The van der Waals surface area contributed by atoms with E-state index in [1.54, 1.807) is 4.52 Å². The number of nitrogens with zero attached hydrogens (tertiary/aromatic N) is 4. The van der Waals surface area contributed by atoms with Crippen LogP contribution in [-0.4, -0.2) is 42.6 Å². The fourth-order valence-electron chi connectivity index (χ4n) is 2.72. The molecule has 24 heavy (non-hydrogen) atoms. The molecule has 0 saturated heterocycles. The highest BCUT2D eigenvalue weighted by molar-refractivity contribution is 5.83.